The van der Waals surface area contributed by atoms with Crippen LogP contribution < -0.4 is 5.73 Å². The molecule has 3 N–H and O–H groups in total. The summed E-state index contributed by atoms with van der Waals surface area (Å²) >= 11 is 1.46. The van der Waals surface area contributed by atoms with Crippen LogP contribution in [0, 0.1) is 0 Å². The second-order valence-corrected chi connectivity index (χ2v) is 3.81. The monoisotopic (exact) mass is 216 g/mol. The highest BCUT2D eigenvalue weighted by Crippen LogP contribution is 2.17. The molecule has 0 saturated carbocycles. The molecule has 0 unspecified atom stereocenters. The van der Waals surface area contributed by atoms with E-state index in [0.717, 1.165) is 0 Å². The summed E-state index contributed by atoms with van der Waals surface area (Å²) in [6.07, 6.45) is 0.799. The Morgan fingerprint density at radius 1 is 1.64 bits per heavy atom. The van der Waals surface area contributed by atoms with E-state index in [-0.39, 0.29) is 6.42 Å². The average molecular weight is 216 g/mol. The van der Waals surface area contributed by atoms with Crippen LogP contribution in [0.2, 0.25) is 0 Å². The third kappa shape index (κ3) is 2.91. The first-order valence-corrected chi connectivity index (χ1v) is 5.09. The lowest BCUT2D eigenvalue weighted by Crippen LogP contribution is -1.99. The molecule has 0 radical (unpaired) electrons. The SMILES string of the molecule is Cn1c(N)nnc1SCCCC(=O)O. The maximum atomic E-state index is 10.2. The molecule has 0 bridgehead atoms. The summed E-state index contributed by atoms with van der Waals surface area (Å²) < 4.78 is 1.67. The Kier molecular flexibility index (Phi) is 3.75. The van der Waals surface area contributed by atoms with Gasteiger partial charge in [0.25, 0.3) is 0 Å². The van der Waals surface area contributed by atoms with Crippen molar-refractivity contribution in [1.29, 1.82) is 0 Å². The van der Waals surface area contributed by atoms with E-state index in [1.54, 1.807) is 11.6 Å². The predicted molar refractivity (Wildman–Crippen MR) is 53.0 cm³/mol. The third-order valence-electron chi connectivity index (χ3n) is 1.63. The van der Waals surface area contributed by atoms with Crippen LogP contribution in [-0.2, 0) is 11.8 Å². The molecule has 0 atom stereocenters. The number of hydrogen-bond acceptors (Lipinski definition) is 5. The molecule has 1 heterocycles. The second-order valence-electron chi connectivity index (χ2n) is 2.75. The number of aromatic nitrogens is 3. The molecule has 1 aromatic heterocycles. The fourth-order valence-electron chi connectivity index (χ4n) is 0.839. The van der Waals surface area contributed by atoms with Gasteiger partial charge >= 0.3 is 5.97 Å². The normalized spacial score (nSPS) is 10.4. The highest BCUT2D eigenvalue weighted by atomic mass is 32.2. The Hall–Kier alpha value is -1.24. The number of carboxylic acids is 1. The number of carboxylic acid groups (broad SMARTS) is 1. The molecule has 0 aliphatic rings. The van der Waals surface area contributed by atoms with E-state index in [2.05, 4.69) is 10.2 Å². The standard InChI is InChI=1S/C7H12N4O2S/c1-11-6(8)9-10-7(11)14-4-2-3-5(12)13/h2-4H2,1H3,(H2,8,9)(H,12,13). The molecule has 1 rings (SSSR count). The Labute approximate surface area is 85.5 Å². The van der Waals surface area contributed by atoms with Crippen molar-refractivity contribution < 1.29 is 9.90 Å². The van der Waals surface area contributed by atoms with Crippen LogP contribution in [0.4, 0.5) is 5.95 Å². The minimum atomic E-state index is -0.775. The van der Waals surface area contributed by atoms with Crippen LogP contribution in [0.25, 0.3) is 0 Å². The Morgan fingerprint density at radius 3 is 2.86 bits per heavy atom. The minimum absolute atomic E-state index is 0.181. The van der Waals surface area contributed by atoms with Crippen molar-refractivity contribution >= 4 is 23.7 Å². The summed E-state index contributed by atoms with van der Waals surface area (Å²) in [6.45, 7) is 0. The lowest BCUT2D eigenvalue weighted by molar-refractivity contribution is -0.137. The molecule has 1 aromatic rings. The Balaban J connectivity index is 2.31. The summed E-state index contributed by atoms with van der Waals surface area (Å²) in [5, 5.41) is 16.6. The summed E-state index contributed by atoms with van der Waals surface area (Å²) in [4.78, 5) is 10.2. The largest absolute Gasteiger partial charge is 0.481 e. The number of carbonyl (C=O) groups is 1. The summed E-state index contributed by atoms with van der Waals surface area (Å²) in [7, 11) is 1.77. The Morgan fingerprint density at radius 2 is 2.36 bits per heavy atom. The van der Waals surface area contributed by atoms with E-state index in [0.29, 0.717) is 23.3 Å². The van der Waals surface area contributed by atoms with E-state index < -0.39 is 5.97 Å². The van der Waals surface area contributed by atoms with Gasteiger partial charge in [0.2, 0.25) is 5.95 Å². The molecule has 0 aliphatic carbocycles. The lowest BCUT2D eigenvalue weighted by Gasteiger charge is -1.99. The van der Waals surface area contributed by atoms with Gasteiger partial charge in [-0.1, -0.05) is 11.8 Å². The van der Waals surface area contributed by atoms with Crippen molar-refractivity contribution in [2.24, 2.45) is 7.05 Å². The van der Waals surface area contributed by atoms with Crippen molar-refractivity contribution in [2.75, 3.05) is 11.5 Å². The van der Waals surface area contributed by atoms with E-state index in [9.17, 15) is 4.79 Å². The van der Waals surface area contributed by atoms with Gasteiger partial charge in [-0.2, -0.15) is 0 Å². The number of rotatable bonds is 5. The molecule has 0 saturated heterocycles. The zero-order valence-electron chi connectivity index (χ0n) is 7.80. The number of hydrogen-bond donors (Lipinski definition) is 2. The number of nitrogens with two attached hydrogens (primary N) is 1. The fraction of sp³-hybridized carbons (Fsp3) is 0.571. The number of nitrogen functional groups attached to an aromatic ring is 1. The van der Waals surface area contributed by atoms with Gasteiger partial charge in [-0.3, -0.25) is 9.36 Å². The van der Waals surface area contributed by atoms with Crippen LogP contribution in [0.15, 0.2) is 5.16 Å². The molecule has 6 nitrogen and oxygen atoms in total. The van der Waals surface area contributed by atoms with E-state index in [1.807, 2.05) is 0 Å². The molecular formula is C7H12N4O2S. The number of nitrogens with zero attached hydrogens (tertiary/aromatic N) is 3. The Bertz CT molecular complexity index is 325. The first kappa shape index (κ1) is 10.8. The van der Waals surface area contributed by atoms with Crippen LogP contribution in [0.3, 0.4) is 0 Å². The molecule has 7 heteroatoms. The third-order valence-corrected chi connectivity index (χ3v) is 2.74. The van der Waals surface area contributed by atoms with Gasteiger partial charge in [-0.15, -0.1) is 10.2 Å². The van der Waals surface area contributed by atoms with Crippen LogP contribution >= 0.6 is 11.8 Å². The zero-order valence-corrected chi connectivity index (χ0v) is 8.62. The van der Waals surface area contributed by atoms with Crippen LogP contribution in [0.5, 0.6) is 0 Å². The van der Waals surface area contributed by atoms with Gasteiger partial charge in [0, 0.05) is 19.2 Å². The first-order valence-electron chi connectivity index (χ1n) is 4.10. The molecule has 14 heavy (non-hydrogen) atoms. The van der Waals surface area contributed by atoms with E-state index >= 15 is 0 Å². The molecule has 78 valence electrons. The smallest absolute Gasteiger partial charge is 0.303 e. The van der Waals surface area contributed by atoms with Crippen LogP contribution in [0.1, 0.15) is 12.8 Å². The molecule has 0 aliphatic heterocycles. The van der Waals surface area contributed by atoms with Gasteiger partial charge in [-0.25, -0.2) is 0 Å². The van der Waals surface area contributed by atoms with Gasteiger partial charge < -0.3 is 10.8 Å². The molecule has 0 spiro atoms. The maximum absolute atomic E-state index is 10.2. The number of aliphatic carboxylic acids is 1. The van der Waals surface area contributed by atoms with Crippen molar-refractivity contribution in [2.45, 2.75) is 18.0 Å². The van der Waals surface area contributed by atoms with Gasteiger partial charge in [0.05, 0.1) is 0 Å². The second kappa shape index (κ2) is 4.85. The average Bonchev–Trinajstić information content (AvgIpc) is 2.43. The highest BCUT2D eigenvalue weighted by Gasteiger charge is 2.05. The van der Waals surface area contributed by atoms with Crippen LogP contribution in [-0.4, -0.2) is 31.6 Å². The van der Waals surface area contributed by atoms with E-state index in [4.69, 9.17) is 10.8 Å². The lowest BCUT2D eigenvalue weighted by atomic mass is 10.3. The first-order chi connectivity index (χ1) is 6.61. The molecule has 0 aromatic carbocycles. The maximum Gasteiger partial charge on any atom is 0.303 e. The highest BCUT2D eigenvalue weighted by molar-refractivity contribution is 7.99. The summed E-state index contributed by atoms with van der Waals surface area (Å²) in [5.74, 6) is 0.298. The molecule has 0 amide bonds. The van der Waals surface area contributed by atoms with Gasteiger partial charge in [-0.05, 0) is 6.42 Å². The van der Waals surface area contributed by atoms with E-state index in [1.165, 1.54) is 11.8 Å². The van der Waals surface area contributed by atoms with Crippen molar-refractivity contribution in [3.63, 3.8) is 0 Å². The van der Waals surface area contributed by atoms with Crippen molar-refractivity contribution in [1.82, 2.24) is 14.8 Å². The van der Waals surface area contributed by atoms with Gasteiger partial charge in [0.1, 0.15) is 0 Å². The minimum Gasteiger partial charge on any atom is -0.481 e. The summed E-state index contributed by atoms with van der Waals surface area (Å²) in [5.41, 5.74) is 5.48. The quantitative estimate of drug-likeness (QED) is 0.545. The topological polar surface area (TPSA) is 94.0 Å². The van der Waals surface area contributed by atoms with Crippen molar-refractivity contribution in [3.05, 3.63) is 0 Å². The number of anilines is 1. The van der Waals surface area contributed by atoms with Crippen molar-refractivity contribution in [3.8, 4) is 0 Å². The molecule has 0 fully saturated rings. The number of thioether (sulfide) groups is 1. The zero-order chi connectivity index (χ0) is 10.6. The molecular weight excluding hydrogens is 204 g/mol. The van der Waals surface area contributed by atoms with Gasteiger partial charge in [0.15, 0.2) is 5.16 Å². The summed E-state index contributed by atoms with van der Waals surface area (Å²) in [6, 6.07) is 0. The predicted octanol–water partition coefficient (Wildman–Crippen LogP) is 0.354. The fourth-order valence-corrected chi connectivity index (χ4v) is 1.70.